The molecule has 6 nitrogen and oxygen atoms in total. The first kappa shape index (κ1) is 21.4. The SMILES string of the molecule is Cc1ccc(-c2noc(CCC(=O)NCc3ccc(OCC(F)(F)F)cc3)n2)cc1. The van der Waals surface area contributed by atoms with Gasteiger partial charge in [-0.1, -0.05) is 47.1 Å². The summed E-state index contributed by atoms with van der Waals surface area (Å²) in [5.41, 5.74) is 2.70. The van der Waals surface area contributed by atoms with Crippen molar-refractivity contribution < 1.29 is 27.2 Å². The van der Waals surface area contributed by atoms with E-state index in [9.17, 15) is 18.0 Å². The summed E-state index contributed by atoms with van der Waals surface area (Å²) < 4.78 is 46.3. The van der Waals surface area contributed by atoms with Crippen LogP contribution < -0.4 is 10.1 Å². The molecule has 1 aromatic heterocycles. The van der Waals surface area contributed by atoms with E-state index in [4.69, 9.17) is 4.52 Å². The Labute approximate surface area is 171 Å². The number of ether oxygens (including phenoxy) is 1. The van der Waals surface area contributed by atoms with Gasteiger partial charge in [-0.05, 0) is 24.6 Å². The number of hydrogen-bond donors (Lipinski definition) is 1. The van der Waals surface area contributed by atoms with Crippen molar-refractivity contribution in [3.05, 3.63) is 65.5 Å². The van der Waals surface area contributed by atoms with Crippen LogP contribution >= 0.6 is 0 Å². The lowest BCUT2D eigenvalue weighted by Crippen LogP contribution is -2.23. The van der Waals surface area contributed by atoms with Crippen LogP contribution in [0.15, 0.2) is 53.1 Å². The lowest BCUT2D eigenvalue weighted by molar-refractivity contribution is -0.153. The summed E-state index contributed by atoms with van der Waals surface area (Å²) >= 11 is 0. The Morgan fingerprint density at radius 1 is 1.10 bits per heavy atom. The van der Waals surface area contributed by atoms with E-state index in [0.717, 1.165) is 16.7 Å². The summed E-state index contributed by atoms with van der Waals surface area (Å²) in [5, 5.41) is 6.67. The number of nitrogens with one attached hydrogen (secondary N) is 1. The minimum atomic E-state index is -4.38. The highest BCUT2D eigenvalue weighted by Crippen LogP contribution is 2.19. The normalized spacial score (nSPS) is 11.3. The highest BCUT2D eigenvalue weighted by molar-refractivity contribution is 5.76. The highest BCUT2D eigenvalue weighted by Gasteiger charge is 2.28. The van der Waals surface area contributed by atoms with Gasteiger partial charge in [0.05, 0.1) is 0 Å². The molecule has 0 saturated carbocycles. The van der Waals surface area contributed by atoms with E-state index in [1.54, 1.807) is 12.1 Å². The number of alkyl halides is 3. The fourth-order valence-corrected chi connectivity index (χ4v) is 2.55. The molecule has 0 aliphatic rings. The number of carbonyl (C=O) groups is 1. The van der Waals surface area contributed by atoms with Gasteiger partial charge in [-0.15, -0.1) is 0 Å². The molecule has 0 radical (unpaired) electrons. The molecule has 1 N–H and O–H groups in total. The van der Waals surface area contributed by atoms with Gasteiger partial charge in [0.2, 0.25) is 17.6 Å². The van der Waals surface area contributed by atoms with Gasteiger partial charge >= 0.3 is 6.18 Å². The molecule has 0 unspecified atom stereocenters. The Kier molecular flexibility index (Phi) is 6.71. The summed E-state index contributed by atoms with van der Waals surface area (Å²) in [7, 11) is 0. The number of amides is 1. The van der Waals surface area contributed by atoms with Gasteiger partial charge in [0.1, 0.15) is 5.75 Å². The number of nitrogens with zero attached hydrogens (tertiary/aromatic N) is 2. The summed E-state index contributed by atoms with van der Waals surface area (Å²) in [6.07, 6.45) is -3.91. The summed E-state index contributed by atoms with van der Waals surface area (Å²) in [5.74, 6) is 0.746. The Balaban J connectivity index is 1.42. The minimum Gasteiger partial charge on any atom is -0.484 e. The number of aromatic nitrogens is 2. The van der Waals surface area contributed by atoms with Gasteiger partial charge in [-0.25, -0.2) is 0 Å². The van der Waals surface area contributed by atoms with Gasteiger partial charge < -0.3 is 14.6 Å². The van der Waals surface area contributed by atoms with Crippen molar-refractivity contribution in [2.45, 2.75) is 32.5 Å². The van der Waals surface area contributed by atoms with Crippen LogP contribution in [0.1, 0.15) is 23.4 Å². The van der Waals surface area contributed by atoms with Crippen molar-refractivity contribution in [1.29, 1.82) is 0 Å². The monoisotopic (exact) mass is 419 g/mol. The van der Waals surface area contributed by atoms with E-state index in [-0.39, 0.29) is 24.6 Å². The molecule has 3 rings (SSSR count). The molecule has 0 spiro atoms. The minimum absolute atomic E-state index is 0.114. The molecule has 0 saturated heterocycles. The van der Waals surface area contributed by atoms with Crippen LogP contribution in [-0.4, -0.2) is 28.8 Å². The molecule has 3 aromatic rings. The van der Waals surface area contributed by atoms with Gasteiger partial charge in [0.25, 0.3) is 0 Å². The summed E-state index contributed by atoms with van der Waals surface area (Å²) in [6, 6.07) is 13.8. The van der Waals surface area contributed by atoms with Crippen molar-refractivity contribution in [1.82, 2.24) is 15.5 Å². The largest absolute Gasteiger partial charge is 0.484 e. The predicted octanol–water partition coefficient (Wildman–Crippen LogP) is 4.24. The van der Waals surface area contributed by atoms with Crippen molar-refractivity contribution in [2.75, 3.05) is 6.61 Å². The molecule has 1 amide bonds. The number of carbonyl (C=O) groups excluding carboxylic acids is 1. The van der Waals surface area contributed by atoms with Gasteiger partial charge in [0.15, 0.2) is 6.61 Å². The Morgan fingerprint density at radius 3 is 2.47 bits per heavy atom. The first-order chi connectivity index (χ1) is 14.3. The maximum absolute atomic E-state index is 12.1. The topological polar surface area (TPSA) is 77.2 Å². The first-order valence-corrected chi connectivity index (χ1v) is 9.23. The zero-order valence-electron chi connectivity index (χ0n) is 16.2. The third kappa shape index (κ3) is 6.61. The zero-order chi connectivity index (χ0) is 21.6. The maximum atomic E-state index is 12.1. The molecule has 0 bridgehead atoms. The van der Waals surface area contributed by atoms with E-state index >= 15 is 0 Å². The molecule has 30 heavy (non-hydrogen) atoms. The van der Waals surface area contributed by atoms with Crippen LogP contribution in [0.5, 0.6) is 5.75 Å². The fourth-order valence-electron chi connectivity index (χ4n) is 2.55. The van der Waals surface area contributed by atoms with Crippen LogP contribution in [0.3, 0.4) is 0 Å². The average molecular weight is 419 g/mol. The van der Waals surface area contributed by atoms with Gasteiger partial charge in [-0.3, -0.25) is 4.79 Å². The molecule has 158 valence electrons. The molecule has 0 aliphatic heterocycles. The first-order valence-electron chi connectivity index (χ1n) is 9.23. The maximum Gasteiger partial charge on any atom is 0.422 e. The van der Waals surface area contributed by atoms with Crippen LogP contribution in [-0.2, 0) is 17.8 Å². The molecular weight excluding hydrogens is 399 g/mol. The van der Waals surface area contributed by atoms with Crippen LogP contribution in [0.2, 0.25) is 0 Å². The molecule has 1 heterocycles. The molecule has 0 aliphatic carbocycles. The number of hydrogen-bond acceptors (Lipinski definition) is 5. The molecule has 9 heteroatoms. The predicted molar refractivity (Wildman–Crippen MR) is 103 cm³/mol. The highest BCUT2D eigenvalue weighted by atomic mass is 19.4. The van der Waals surface area contributed by atoms with Crippen LogP contribution in [0.25, 0.3) is 11.4 Å². The second kappa shape index (κ2) is 9.43. The van der Waals surface area contributed by atoms with Gasteiger partial charge in [-0.2, -0.15) is 18.2 Å². The van der Waals surface area contributed by atoms with Crippen molar-refractivity contribution >= 4 is 5.91 Å². The van der Waals surface area contributed by atoms with Crippen LogP contribution in [0.4, 0.5) is 13.2 Å². The standard InChI is InChI=1S/C21H20F3N3O3/c1-14-2-6-16(7-3-14)20-26-19(30-27-20)11-10-18(28)25-12-15-4-8-17(9-5-15)29-13-21(22,23)24/h2-9H,10-13H2,1H3,(H,25,28). The smallest absolute Gasteiger partial charge is 0.422 e. The Bertz CT molecular complexity index is 968. The summed E-state index contributed by atoms with van der Waals surface area (Å²) in [6.45, 7) is 0.890. The number of benzene rings is 2. The van der Waals surface area contributed by atoms with E-state index < -0.39 is 12.8 Å². The van der Waals surface area contributed by atoms with E-state index in [2.05, 4.69) is 20.2 Å². The third-order valence-electron chi connectivity index (χ3n) is 4.16. The number of rotatable bonds is 8. The average Bonchev–Trinajstić information content (AvgIpc) is 3.19. The fraction of sp³-hybridized carbons (Fsp3) is 0.286. The Hall–Kier alpha value is -3.36. The lowest BCUT2D eigenvalue weighted by atomic mass is 10.1. The third-order valence-corrected chi connectivity index (χ3v) is 4.16. The lowest BCUT2D eigenvalue weighted by Gasteiger charge is -2.10. The van der Waals surface area contributed by atoms with E-state index in [1.807, 2.05) is 31.2 Å². The van der Waals surface area contributed by atoms with E-state index in [0.29, 0.717) is 18.1 Å². The number of aryl methyl sites for hydroxylation is 2. The number of halogens is 3. The molecule has 0 fully saturated rings. The van der Waals surface area contributed by atoms with Crippen molar-refractivity contribution in [2.24, 2.45) is 0 Å². The zero-order valence-corrected chi connectivity index (χ0v) is 16.2. The molecule has 2 aromatic carbocycles. The van der Waals surface area contributed by atoms with Gasteiger partial charge in [0, 0.05) is 24.9 Å². The second-order valence-corrected chi connectivity index (χ2v) is 6.70. The van der Waals surface area contributed by atoms with Crippen molar-refractivity contribution in [3.8, 4) is 17.1 Å². The summed E-state index contributed by atoms with van der Waals surface area (Å²) in [4.78, 5) is 16.3. The molecule has 0 atom stereocenters. The van der Waals surface area contributed by atoms with E-state index in [1.165, 1.54) is 12.1 Å². The Morgan fingerprint density at radius 2 is 1.80 bits per heavy atom. The molecular formula is C21H20F3N3O3. The quantitative estimate of drug-likeness (QED) is 0.591. The second-order valence-electron chi connectivity index (χ2n) is 6.70. The van der Waals surface area contributed by atoms with Crippen LogP contribution in [0, 0.1) is 6.92 Å². The van der Waals surface area contributed by atoms with Crippen molar-refractivity contribution in [3.63, 3.8) is 0 Å².